The van der Waals surface area contributed by atoms with Crippen LogP contribution in [0.15, 0.2) is 42.5 Å². The molecule has 2 heteroatoms. The van der Waals surface area contributed by atoms with E-state index in [0.717, 1.165) is 11.1 Å². The van der Waals surface area contributed by atoms with E-state index in [1.165, 1.54) is 5.56 Å². The van der Waals surface area contributed by atoms with Gasteiger partial charge in [-0.2, -0.15) is 0 Å². The molecule has 2 aromatic carbocycles. The highest BCUT2D eigenvalue weighted by Gasteiger charge is 2.02. The van der Waals surface area contributed by atoms with Gasteiger partial charge in [0.25, 0.3) is 0 Å². The quantitative estimate of drug-likeness (QED) is 0.762. The molecule has 0 atom stereocenters. The van der Waals surface area contributed by atoms with Gasteiger partial charge in [0.2, 0.25) is 0 Å². The Morgan fingerprint density at radius 3 is 1.95 bits per heavy atom. The van der Waals surface area contributed by atoms with Gasteiger partial charge >= 0.3 is 0 Å². The van der Waals surface area contributed by atoms with Gasteiger partial charge in [-0.15, -0.1) is 0 Å². The largest absolute Gasteiger partial charge is 0.493 e. The molecule has 0 saturated carbocycles. The van der Waals surface area contributed by atoms with Gasteiger partial charge < -0.3 is 9.47 Å². The van der Waals surface area contributed by atoms with Crippen LogP contribution in [0.3, 0.4) is 0 Å². The van der Waals surface area contributed by atoms with E-state index in [4.69, 9.17) is 9.47 Å². The summed E-state index contributed by atoms with van der Waals surface area (Å²) in [5, 5.41) is 0. The van der Waals surface area contributed by atoms with Crippen LogP contribution in [0.1, 0.15) is 16.7 Å². The summed E-state index contributed by atoms with van der Waals surface area (Å²) in [5.74, 6) is 7.66. The lowest BCUT2D eigenvalue weighted by Gasteiger charge is -2.06. The second-order valence-electron chi connectivity index (χ2n) is 4.19. The minimum Gasteiger partial charge on any atom is -0.493 e. The lowest BCUT2D eigenvalue weighted by molar-refractivity contribution is 0.355. The molecule has 0 spiro atoms. The smallest absolute Gasteiger partial charge is 0.161 e. The summed E-state index contributed by atoms with van der Waals surface area (Å²) >= 11 is 0. The molecule has 2 rings (SSSR count). The van der Waals surface area contributed by atoms with Gasteiger partial charge in [0, 0.05) is 11.1 Å². The summed E-state index contributed by atoms with van der Waals surface area (Å²) in [5.41, 5.74) is 3.13. The van der Waals surface area contributed by atoms with E-state index >= 15 is 0 Å². The summed E-state index contributed by atoms with van der Waals surface area (Å²) in [6, 6.07) is 13.8. The third-order valence-corrected chi connectivity index (χ3v) is 2.79. The Bertz CT molecular complexity index is 616. The van der Waals surface area contributed by atoms with Crippen LogP contribution >= 0.6 is 0 Å². The van der Waals surface area contributed by atoms with Crippen molar-refractivity contribution in [2.45, 2.75) is 6.92 Å². The van der Waals surface area contributed by atoms with E-state index in [2.05, 4.69) is 30.9 Å². The predicted molar refractivity (Wildman–Crippen MR) is 76.7 cm³/mol. The molecule has 0 aliphatic rings. The fraction of sp³-hybridized carbons (Fsp3) is 0.176. The van der Waals surface area contributed by atoms with Gasteiger partial charge in [-0.25, -0.2) is 0 Å². The minimum absolute atomic E-state index is 0.693. The Balaban J connectivity index is 2.27. The minimum atomic E-state index is 0.693. The van der Waals surface area contributed by atoms with Gasteiger partial charge in [-0.05, 0) is 37.3 Å². The van der Waals surface area contributed by atoms with Crippen molar-refractivity contribution in [2.24, 2.45) is 0 Å². The number of benzene rings is 2. The summed E-state index contributed by atoms with van der Waals surface area (Å²) < 4.78 is 10.4. The molecule has 0 amide bonds. The fourth-order valence-electron chi connectivity index (χ4n) is 1.70. The molecule has 0 unspecified atom stereocenters. The topological polar surface area (TPSA) is 18.5 Å². The van der Waals surface area contributed by atoms with Crippen molar-refractivity contribution >= 4 is 0 Å². The molecule has 96 valence electrons. The number of hydrogen-bond donors (Lipinski definition) is 0. The number of rotatable bonds is 2. The first-order chi connectivity index (χ1) is 9.22. The van der Waals surface area contributed by atoms with Crippen LogP contribution in [0, 0.1) is 18.8 Å². The van der Waals surface area contributed by atoms with Gasteiger partial charge in [0.05, 0.1) is 14.2 Å². The van der Waals surface area contributed by atoms with Crippen LogP contribution in [-0.2, 0) is 0 Å². The van der Waals surface area contributed by atoms with E-state index in [-0.39, 0.29) is 0 Å². The Kier molecular flexibility index (Phi) is 4.10. The average molecular weight is 252 g/mol. The molecule has 0 radical (unpaired) electrons. The highest BCUT2D eigenvalue weighted by Crippen LogP contribution is 2.27. The molecule has 0 N–H and O–H groups in total. The van der Waals surface area contributed by atoms with Crippen molar-refractivity contribution in [1.29, 1.82) is 0 Å². The standard InChI is InChI=1S/C17H16O2/c1-13-4-6-14(7-5-13)8-9-15-10-11-16(18-2)17(12-15)19-3/h4-7,10-12H,1-3H3. The summed E-state index contributed by atoms with van der Waals surface area (Å²) in [6.45, 7) is 2.06. The molecule has 0 fully saturated rings. The molecule has 0 aromatic heterocycles. The number of hydrogen-bond acceptors (Lipinski definition) is 2. The SMILES string of the molecule is COc1ccc(C#Cc2ccc(C)cc2)cc1OC. The van der Waals surface area contributed by atoms with Crippen LogP contribution in [0.4, 0.5) is 0 Å². The monoisotopic (exact) mass is 252 g/mol. The highest BCUT2D eigenvalue weighted by molar-refractivity contribution is 5.50. The zero-order valence-electron chi connectivity index (χ0n) is 11.4. The van der Waals surface area contributed by atoms with Crippen LogP contribution in [0.2, 0.25) is 0 Å². The van der Waals surface area contributed by atoms with Crippen LogP contribution in [0.25, 0.3) is 0 Å². The zero-order valence-corrected chi connectivity index (χ0v) is 11.4. The molecule has 0 heterocycles. The van der Waals surface area contributed by atoms with Crippen molar-refractivity contribution in [2.75, 3.05) is 14.2 Å². The van der Waals surface area contributed by atoms with Crippen LogP contribution in [-0.4, -0.2) is 14.2 Å². The lowest BCUT2D eigenvalue weighted by atomic mass is 10.1. The van der Waals surface area contributed by atoms with Crippen molar-refractivity contribution in [3.8, 4) is 23.3 Å². The van der Waals surface area contributed by atoms with Gasteiger partial charge in [0.15, 0.2) is 11.5 Å². The normalized spacial score (nSPS) is 9.42. The van der Waals surface area contributed by atoms with Gasteiger partial charge in [-0.3, -0.25) is 0 Å². The Morgan fingerprint density at radius 2 is 1.32 bits per heavy atom. The van der Waals surface area contributed by atoms with E-state index in [0.29, 0.717) is 11.5 Å². The van der Waals surface area contributed by atoms with E-state index in [9.17, 15) is 0 Å². The third kappa shape index (κ3) is 3.29. The van der Waals surface area contributed by atoms with Crippen molar-refractivity contribution in [3.63, 3.8) is 0 Å². The molecule has 19 heavy (non-hydrogen) atoms. The maximum absolute atomic E-state index is 5.25. The molecule has 0 aliphatic carbocycles. The van der Waals surface area contributed by atoms with Gasteiger partial charge in [-0.1, -0.05) is 29.5 Å². The lowest BCUT2D eigenvalue weighted by Crippen LogP contribution is -1.90. The number of methoxy groups -OCH3 is 2. The first-order valence-corrected chi connectivity index (χ1v) is 6.03. The molecular weight excluding hydrogens is 236 g/mol. The second-order valence-corrected chi connectivity index (χ2v) is 4.19. The molecular formula is C17H16O2. The third-order valence-electron chi connectivity index (χ3n) is 2.79. The maximum Gasteiger partial charge on any atom is 0.161 e. The Labute approximate surface area is 114 Å². The average Bonchev–Trinajstić information content (AvgIpc) is 2.46. The molecule has 0 aliphatic heterocycles. The maximum atomic E-state index is 5.25. The number of ether oxygens (including phenoxy) is 2. The van der Waals surface area contributed by atoms with E-state index in [1.807, 2.05) is 30.3 Å². The molecule has 2 aromatic rings. The summed E-state index contributed by atoms with van der Waals surface area (Å²) in [6.07, 6.45) is 0. The van der Waals surface area contributed by atoms with Gasteiger partial charge in [0.1, 0.15) is 0 Å². The van der Waals surface area contributed by atoms with Crippen molar-refractivity contribution in [1.82, 2.24) is 0 Å². The Hall–Kier alpha value is -2.40. The van der Waals surface area contributed by atoms with Crippen molar-refractivity contribution < 1.29 is 9.47 Å². The fourth-order valence-corrected chi connectivity index (χ4v) is 1.70. The zero-order chi connectivity index (χ0) is 13.7. The predicted octanol–water partition coefficient (Wildman–Crippen LogP) is 3.41. The highest BCUT2D eigenvalue weighted by atomic mass is 16.5. The van der Waals surface area contributed by atoms with Crippen LogP contribution < -0.4 is 9.47 Å². The van der Waals surface area contributed by atoms with E-state index in [1.54, 1.807) is 14.2 Å². The van der Waals surface area contributed by atoms with Crippen molar-refractivity contribution in [3.05, 3.63) is 59.2 Å². The van der Waals surface area contributed by atoms with E-state index < -0.39 is 0 Å². The molecule has 0 bridgehead atoms. The first kappa shape index (κ1) is 13.0. The Morgan fingerprint density at radius 1 is 0.737 bits per heavy atom. The first-order valence-electron chi connectivity index (χ1n) is 6.03. The summed E-state index contributed by atoms with van der Waals surface area (Å²) in [7, 11) is 3.24. The van der Waals surface area contributed by atoms with Crippen LogP contribution in [0.5, 0.6) is 11.5 Å². The number of aryl methyl sites for hydroxylation is 1. The second kappa shape index (κ2) is 5.97. The molecule has 2 nitrogen and oxygen atoms in total. The molecule has 0 saturated heterocycles. The summed E-state index contributed by atoms with van der Waals surface area (Å²) in [4.78, 5) is 0.